The fourth-order valence-corrected chi connectivity index (χ4v) is 3.32. The van der Waals surface area contributed by atoms with E-state index in [1.807, 2.05) is 55.5 Å². The molecule has 0 bridgehead atoms. The molecule has 0 saturated heterocycles. The molecule has 6 heteroatoms. The summed E-state index contributed by atoms with van der Waals surface area (Å²) < 4.78 is 5.68. The number of hydrogen-bond donors (Lipinski definition) is 2. The summed E-state index contributed by atoms with van der Waals surface area (Å²) in [7, 11) is 0. The molecule has 1 aliphatic carbocycles. The molecule has 0 spiro atoms. The Labute approximate surface area is 171 Å². The van der Waals surface area contributed by atoms with Gasteiger partial charge in [-0.15, -0.1) is 0 Å². The van der Waals surface area contributed by atoms with Gasteiger partial charge in [-0.05, 0) is 49.2 Å². The van der Waals surface area contributed by atoms with Gasteiger partial charge >= 0.3 is 0 Å². The zero-order chi connectivity index (χ0) is 20.5. The van der Waals surface area contributed by atoms with E-state index in [0.717, 1.165) is 23.4 Å². The van der Waals surface area contributed by atoms with Gasteiger partial charge in [0.25, 0.3) is 0 Å². The molecule has 0 saturated carbocycles. The molecule has 0 aromatic heterocycles. The second-order valence-electron chi connectivity index (χ2n) is 6.82. The number of aliphatic imine (C=N–C) groups is 2. The van der Waals surface area contributed by atoms with Crippen LogP contribution >= 0.6 is 0 Å². The highest BCUT2D eigenvalue weighted by Gasteiger charge is 2.25. The Morgan fingerprint density at radius 1 is 1.10 bits per heavy atom. The van der Waals surface area contributed by atoms with Gasteiger partial charge in [-0.25, -0.2) is 9.98 Å². The summed E-state index contributed by atoms with van der Waals surface area (Å²) >= 11 is 0. The average Bonchev–Trinajstić information content (AvgIpc) is 2.78. The van der Waals surface area contributed by atoms with Crippen molar-refractivity contribution >= 4 is 18.4 Å². The van der Waals surface area contributed by atoms with Crippen LogP contribution in [0.5, 0.6) is 5.75 Å². The van der Waals surface area contributed by atoms with E-state index in [1.165, 1.54) is 5.56 Å². The van der Waals surface area contributed by atoms with Gasteiger partial charge in [0.05, 0.1) is 12.3 Å². The van der Waals surface area contributed by atoms with E-state index >= 15 is 0 Å². The maximum Gasteiger partial charge on any atom is 0.222 e. The number of allylic oxidation sites excluding steroid dienone is 2. The number of hydrogen-bond acceptors (Lipinski definition) is 4. The molecule has 3 rings (SSSR count). The number of nitrogens with zero attached hydrogens (tertiary/aromatic N) is 3. The van der Waals surface area contributed by atoms with E-state index in [1.54, 1.807) is 0 Å². The van der Waals surface area contributed by atoms with Crippen LogP contribution in [0.1, 0.15) is 31.2 Å². The molecule has 0 aliphatic heterocycles. The highest BCUT2D eigenvalue weighted by molar-refractivity contribution is 6.01. The summed E-state index contributed by atoms with van der Waals surface area (Å²) in [6, 6.07) is 19.9. The first-order chi connectivity index (χ1) is 14.2. The second-order valence-corrected chi connectivity index (χ2v) is 6.82. The summed E-state index contributed by atoms with van der Waals surface area (Å²) in [5.41, 5.74) is 3.57. The molecule has 0 heterocycles. The molecule has 2 aromatic carbocycles. The Balaban J connectivity index is 1.68. The van der Waals surface area contributed by atoms with Crippen LogP contribution in [-0.4, -0.2) is 36.7 Å². The summed E-state index contributed by atoms with van der Waals surface area (Å²) in [5, 5.41) is 16.1. The van der Waals surface area contributed by atoms with Gasteiger partial charge in [-0.3, -0.25) is 0 Å². The Morgan fingerprint density at radius 3 is 2.45 bits per heavy atom. The van der Waals surface area contributed by atoms with Crippen LogP contribution in [0.2, 0.25) is 0 Å². The number of nitrogens with one attached hydrogen (secondary N) is 1. The summed E-state index contributed by atoms with van der Waals surface area (Å²) in [6.45, 7) is 6.57. The van der Waals surface area contributed by atoms with Crippen LogP contribution in [0, 0.1) is 0 Å². The van der Waals surface area contributed by atoms with Crippen LogP contribution in [-0.2, 0) is 0 Å². The number of guanidine groups is 1. The van der Waals surface area contributed by atoms with Crippen LogP contribution in [0.3, 0.4) is 0 Å². The Bertz CT molecular complexity index is 905. The van der Waals surface area contributed by atoms with Gasteiger partial charge in [-0.1, -0.05) is 53.7 Å². The predicted molar refractivity (Wildman–Crippen MR) is 117 cm³/mol. The molecule has 2 aromatic rings. The van der Waals surface area contributed by atoms with Crippen molar-refractivity contribution in [2.24, 2.45) is 15.1 Å². The highest BCUT2D eigenvalue weighted by atomic mass is 16.5. The second kappa shape index (κ2) is 10.2. The Kier molecular flexibility index (Phi) is 7.16. The zero-order valence-electron chi connectivity index (χ0n) is 16.6. The molecular weight excluding hydrogens is 364 g/mol. The number of benzene rings is 2. The molecule has 2 N–H and O–H groups in total. The SMILES string of the molecule is C=N/C(=N\C1=C(C)C(=N/O)/CC(c2ccccc2)C1)NCCOc1ccccc1. The van der Waals surface area contributed by atoms with Gasteiger partial charge in [-0.2, -0.15) is 0 Å². The van der Waals surface area contributed by atoms with Crippen molar-refractivity contribution in [3.05, 3.63) is 77.5 Å². The number of ether oxygens (including phenoxy) is 1. The third-order valence-electron chi connectivity index (χ3n) is 4.92. The smallest absolute Gasteiger partial charge is 0.222 e. The lowest BCUT2D eigenvalue weighted by Crippen LogP contribution is -2.27. The summed E-state index contributed by atoms with van der Waals surface area (Å²) in [6.07, 6.45) is 1.43. The molecule has 150 valence electrons. The van der Waals surface area contributed by atoms with E-state index in [2.05, 4.69) is 39.3 Å². The van der Waals surface area contributed by atoms with Crippen LogP contribution in [0.25, 0.3) is 0 Å². The fourth-order valence-electron chi connectivity index (χ4n) is 3.32. The zero-order valence-corrected chi connectivity index (χ0v) is 16.6. The summed E-state index contributed by atoms with van der Waals surface area (Å²) in [4.78, 5) is 8.67. The molecule has 29 heavy (non-hydrogen) atoms. The van der Waals surface area contributed by atoms with Gasteiger partial charge in [0.2, 0.25) is 5.96 Å². The van der Waals surface area contributed by atoms with Crippen molar-refractivity contribution < 1.29 is 9.94 Å². The highest BCUT2D eigenvalue weighted by Crippen LogP contribution is 2.35. The van der Waals surface area contributed by atoms with Gasteiger partial charge in [0.1, 0.15) is 12.4 Å². The van der Waals surface area contributed by atoms with Crippen LogP contribution in [0.4, 0.5) is 0 Å². The molecule has 1 aliphatic rings. The lowest BCUT2D eigenvalue weighted by molar-refractivity contribution is 0.316. The standard InChI is InChI=1S/C23H26N4O2/c1-17-21(15-19(16-22(17)27-28)18-9-5-3-6-10-18)26-23(24-2)25-13-14-29-20-11-7-4-8-12-20/h3-12,19,28H,2,13-16H2,1H3,(H,25,26)/b27-22+. The molecule has 6 nitrogen and oxygen atoms in total. The number of rotatable bonds is 6. The molecule has 0 radical (unpaired) electrons. The summed E-state index contributed by atoms with van der Waals surface area (Å²) in [5.74, 6) is 1.46. The Hall–Kier alpha value is -3.41. The van der Waals surface area contributed by atoms with E-state index < -0.39 is 0 Å². The molecular formula is C23H26N4O2. The molecule has 1 atom stereocenters. The van der Waals surface area contributed by atoms with E-state index in [0.29, 0.717) is 31.2 Å². The molecule has 0 fully saturated rings. The van der Waals surface area contributed by atoms with Crippen molar-refractivity contribution in [3.63, 3.8) is 0 Å². The fraction of sp³-hybridized carbons (Fsp3) is 0.261. The first-order valence-electron chi connectivity index (χ1n) is 9.64. The lowest BCUT2D eigenvalue weighted by atomic mass is 9.82. The predicted octanol–water partition coefficient (Wildman–Crippen LogP) is 4.39. The van der Waals surface area contributed by atoms with Crippen molar-refractivity contribution in [1.29, 1.82) is 0 Å². The monoisotopic (exact) mass is 390 g/mol. The van der Waals surface area contributed by atoms with Crippen molar-refractivity contribution in [1.82, 2.24) is 5.32 Å². The van der Waals surface area contributed by atoms with Crippen LogP contribution in [0.15, 0.2) is 87.1 Å². The topological polar surface area (TPSA) is 78.6 Å². The van der Waals surface area contributed by atoms with Crippen molar-refractivity contribution in [2.75, 3.05) is 13.2 Å². The van der Waals surface area contributed by atoms with Crippen LogP contribution < -0.4 is 10.1 Å². The van der Waals surface area contributed by atoms with E-state index in [4.69, 9.17) is 4.74 Å². The number of oxime groups is 1. The first kappa shape index (κ1) is 20.3. The third-order valence-corrected chi connectivity index (χ3v) is 4.92. The Morgan fingerprint density at radius 2 is 1.79 bits per heavy atom. The van der Waals surface area contributed by atoms with Gasteiger partial charge in [0.15, 0.2) is 0 Å². The van der Waals surface area contributed by atoms with E-state index in [9.17, 15) is 5.21 Å². The minimum Gasteiger partial charge on any atom is -0.492 e. The van der Waals surface area contributed by atoms with Gasteiger partial charge < -0.3 is 15.3 Å². The normalized spacial score (nSPS) is 18.6. The van der Waals surface area contributed by atoms with E-state index in [-0.39, 0.29) is 5.92 Å². The van der Waals surface area contributed by atoms with Gasteiger partial charge in [0, 0.05) is 12.1 Å². The third kappa shape index (κ3) is 5.54. The molecule has 1 unspecified atom stereocenters. The minimum absolute atomic E-state index is 0.206. The average molecular weight is 390 g/mol. The number of para-hydroxylation sites is 1. The maximum atomic E-state index is 9.45. The maximum absolute atomic E-state index is 9.45. The van der Waals surface area contributed by atoms with Crippen molar-refractivity contribution in [3.8, 4) is 5.75 Å². The minimum atomic E-state index is 0.206. The van der Waals surface area contributed by atoms with Crippen molar-refractivity contribution in [2.45, 2.75) is 25.7 Å². The largest absolute Gasteiger partial charge is 0.492 e. The first-order valence-corrected chi connectivity index (χ1v) is 9.64. The molecule has 0 amide bonds. The quantitative estimate of drug-likeness (QED) is 0.252. The lowest BCUT2D eigenvalue weighted by Gasteiger charge is -2.25.